The van der Waals surface area contributed by atoms with Crippen molar-refractivity contribution in [2.45, 2.75) is 26.7 Å². The lowest BCUT2D eigenvalue weighted by molar-refractivity contribution is -0.136. The molecule has 1 heterocycles. The van der Waals surface area contributed by atoms with E-state index in [2.05, 4.69) is 22.4 Å². The number of carbonyl (C=O) groups is 2. The fourth-order valence-corrected chi connectivity index (χ4v) is 2.80. The molecule has 0 spiro atoms. The van der Waals surface area contributed by atoms with Gasteiger partial charge in [-0.2, -0.15) is 4.68 Å². The molecule has 3 rings (SSSR count). The van der Waals surface area contributed by atoms with Crippen LogP contribution in [0.2, 0.25) is 0 Å². The summed E-state index contributed by atoms with van der Waals surface area (Å²) in [6.45, 7) is 3.42. The number of hydrogen-bond donors (Lipinski definition) is 0. The molecule has 7 heteroatoms. The first-order valence-corrected chi connectivity index (χ1v) is 9.40. The van der Waals surface area contributed by atoms with E-state index in [1.807, 2.05) is 42.5 Å². The minimum Gasteiger partial charge on any atom is -0.453 e. The number of ether oxygens (including phenoxy) is 1. The first kappa shape index (κ1) is 20.1. The number of aryl methyl sites for hydroxylation is 2. The maximum absolute atomic E-state index is 12.7. The van der Waals surface area contributed by atoms with Gasteiger partial charge in [-0.1, -0.05) is 67.9 Å². The number of tetrazole rings is 1. The number of rotatable bonds is 8. The molecule has 0 radical (unpaired) electrons. The summed E-state index contributed by atoms with van der Waals surface area (Å²) >= 11 is 0. The van der Waals surface area contributed by atoms with Crippen molar-refractivity contribution >= 4 is 23.5 Å². The molecule has 0 bridgehead atoms. The van der Waals surface area contributed by atoms with Crippen molar-refractivity contribution < 1.29 is 14.3 Å². The number of carbonyl (C=O) groups excluding carboxylic acids is 2. The van der Waals surface area contributed by atoms with Crippen LogP contribution in [0.15, 0.2) is 54.6 Å². The minimum atomic E-state index is -0.680. The normalized spacial score (nSPS) is 11.3. The zero-order chi connectivity index (χ0) is 20.6. The van der Waals surface area contributed by atoms with Gasteiger partial charge in [-0.15, -0.1) is 5.10 Å². The number of ketones is 1. The second-order valence-corrected chi connectivity index (χ2v) is 6.52. The number of nitrogens with zero attached hydrogens (tertiary/aromatic N) is 4. The Morgan fingerprint density at radius 1 is 1.07 bits per heavy atom. The van der Waals surface area contributed by atoms with Crippen LogP contribution in [0.3, 0.4) is 0 Å². The Kier molecular flexibility index (Phi) is 6.63. The van der Waals surface area contributed by atoms with Crippen LogP contribution in [0.25, 0.3) is 11.8 Å². The third-order valence-corrected chi connectivity index (χ3v) is 4.31. The molecule has 2 aromatic carbocycles. The lowest BCUT2D eigenvalue weighted by Crippen LogP contribution is -2.19. The van der Waals surface area contributed by atoms with E-state index in [0.29, 0.717) is 11.4 Å². The third-order valence-electron chi connectivity index (χ3n) is 4.31. The highest BCUT2D eigenvalue weighted by molar-refractivity contribution is 6.16. The van der Waals surface area contributed by atoms with Gasteiger partial charge in [0, 0.05) is 5.56 Å². The van der Waals surface area contributed by atoms with E-state index in [9.17, 15) is 9.59 Å². The van der Waals surface area contributed by atoms with E-state index in [1.54, 1.807) is 25.1 Å². The number of hydrogen-bond acceptors (Lipinski definition) is 6. The number of Topliss-reactive ketones (excluding diaryl/α,β-unsaturated/α-hetero) is 1. The van der Waals surface area contributed by atoms with Crippen LogP contribution in [-0.2, 0) is 16.0 Å². The molecule has 7 nitrogen and oxygen atoms in total. The highest BCUT2D eigenvalue weighted by atomic mass is 16.5. The van der Waals surface area contributed by atoms with Gasteiger partial charge >= 0.3 is 5.97 Å². The fourth-order valence-electron chi connectivity index (χ4n) is 2.80. The lowest BCUT2D eigenvalue weighted by atomic mass is 10.1. The molecule has 0 saturated heterocycles. The Labute approximate surface area is 169 Å². The van der Waals surface area contributed by atoms with E-state index in [4.69, 9.17) is 4.74 Å². The monoisotopic (exact) mass is 390 g/mol. The van der Waals surface area contributed by atoms with Crippen molar-refractivity contribution in [3.05, 3.63) is 77.1 Å². The van der Waals surface area contributed by atoms with Crippen LogP contribution in [-0.4, -0.2) is 38.6 Å². The quantitative estimate of drug-likeness (QED) is 0.333. The zero-order valence-corrected chi connectivity index (χ0v) is 16.4. The second-order valence-electron chi connectivity index (χ2n) is 6.52. The van der Waals surface area contributed by atoms with E-state index < -0.39 is 5.97 Å². The lowest BCUT2D eigenvalue weighted by Gasteiger charge is -2.09. The molecule has 0 fully saturated rings. The number of benzene rings is 2. The summed E-state index contributed by atoms with van der Waals surface area (Å²) in [5, 5.41) is 11.2. The van der Waals surface area contributed by atoms with Crippen molar-refractivity contribution in [1.29, 1.82) is 0 Å². The molecule has 0 unspecified atom stereocenters. The first-order valence-electron chi connectivity index (χ1n) is 9.40. The molecular formula is C22H22N4O3. The molecule has 1 aromatic heterocycles. The van der Waals surface area contributed by atoms with E-state index >= 15 is 0 Å². The molecule has 148 valence electrons. The highest BCUT2D eigenvalue weighted by Crippen LogP contribution is 2.14. The number of esters is 1. The molecule has 3 aromatic rings. The summed E-state index contributed by atoms with van der Waals surface area (Å²) in [5.41, 5.74) is 2.59. The zero-order valence-electron chi connectivity index (χ0n) is 16.4. The van der Waals surface area contributed by atoms with Crippen molar-refractivity contribution in [3.63, 3.8) is 0 Å². The van der Waals surface area contributed by atoms with Crippen LogP contribution in [0.5, 0.6) is 0 Å². The molecule has 0 atom stereocenters. The van der Waals surface area contributed by atoms with Gasteiger partial charge in [0.15, 0.2) is 23.9 Å². The molecule has 0 aliphatic rings. The van der Waals surface area contributed by atoms with Crippen LogP contribution < -0.4 is 0 Å². The average molecular weight is 390 g/mol. The minimum absolute atomic E-state index is 0.129. The molecule has 0 aliphatic heterocycles. The predicted octanol–water partition coefficient (Wildman–Crippen LogP) is 3.36. The van der Waals surface area contributed by atoms with Crippen molar-refractivity contribution in [2.24, 2.45) is 0 Å². The molecule has 0 N–H and O–H groups in total. The van der Waals surface area contributed by atoms with Crippen LogP contribution >= 0.6 is 0 Å². The average Bonchev–Trinajstić information content (AvgIpc) is 3.17. The van der Waals surface area contributed by atoms with Crippen molar-refractivity contribution in [2.75, 3.05) is 6.61 Å². The Hall–Kier alpha value is -3.61. The van der Waals surface area contributed by atoms with Crippen molar-refractivity contribution in [3.8, 4) is 0 Å². The predicted molar refractivity (Wildman–Crippen MR) is 109 cm³/mol. The Morgan fingerprint density at radius 2 is 1.79 bits per heavy atom. The van der Waals surface area contributed by atoms with Crippen LogP contribution in [0.1, 0.15) is 40.7 Å². The molecule has 0 saturated carbocycles. The molecular weight excluding hydrogens is 368 g/mol. The second kappa shape index (κ2) is 9.54. The summed E-state index contributed by atoms with van der Waals surface area (Å²) in [5.74, 6) is -0.518. The summed E-state index contributed by atoms with van der Waals surface area (Å²) < 4.78 is 6.57. The first-order chi connectivity index (χ1) is 14.1. The number of aromatic nitrogens is 4. The van der Waals surface area contributed by atoms with E-state index in [0.717, 1.165) is 18.4 Å². The maximum Gasteiger partial charge on any atom is 0.357 e. The largest absolute Gasteiger partial charge is 0.453 e. The fraction of sp³-hybridized carbons (Fsp3) is 0.227. The van der Waals surface area contributed by atoms with Gasteiger partial charge < -0.3 is 4.74 Å². The summed E-state index contributed by atoms with van der Waals surface area (Å²) in [6, 6.07) is 16.6. The van der Waals surface area contributed by atoms with Crippen LogP contribution in [0.4, 0.5) is 0 Å². The standard InChI is InChI=1S/C22H22N4O3/c1-3-7-17-10-12-19(13-11-17)21(27)15-29-22(28)20(26-16(2)23-24-25-26)14-18-8-5-4-6-9-18/h4-6,8-14H,3,7,15H2,1-2H3/b20-14-. The molecule has 0 amide bonds. The topological polar surface area (TPSA) is 87.0 Å². The molecule has 29 heavy (non-hydrogen) atoms. The summed E-state index contributed by atoms with van der Waals surface area (Å²) in [6.07, 6.45) is 3.62. The van der Waals surface area contributed by atoms with E-state index in [1.165, 1.54) is 10.2 Å². The van der Waals surface area contributed by atoms with Gasteiger partial charge in [-0.25, -0.2) is 4.79 Å². The van der Waals surface area contributed by atoms with Gasteiger partial charge in [-0.3, -0.25) is 4.79 Å². The SMILES string of the molecule is CCCc1ccc(C(=O)COC(=O)/C(=C/c2ccccc2)n2nnnc2C)cc1. The summed E-state index contributed by atoms with van der Waals surface area (Å²) in [7, 11) is 0. The molecule has 0 aliphatic carbocycles. The van der Waals surface area contributed by atoms with Gasteiger partial charge in [0.25, 0.3) is 0 Å². The maximum atomic E-state index is 12.7. The Balaban J connectivity index is 1.74. The summed E-state index contributed by atoms with van der Waals surface area (Å²) in [4.78, 5) is 25.1. The van der Waals surface area contributed by atoms with Gasteiger partial charge in [0.1, 0.15) is 0 Å². The smallest absolute Gasteiger partial charge is 0.357 e. The van der Waals surface area contributed by atoms with Crippen molar-refractivity contribution in [1.82, 2.24) is 20.2 Å². The Bertz CT molecular complexity index is 1010. The van der Waals surface area contributed by atoms with E-state index in [-0.39, 0.29) is 18.1 Å². The van der Waals surface area contributed by atoms with Gasteiger partial charge in [-0.05, 0) is 41.0 Å². The third kappa shape index (κ3) is 5.22. The van der Waals surface area contributed by atoms with Gasteiger partial charge in [0.2, 0.25) is 0 Å². The Morgan fingerprint density at radius 3 is 2.41 bits per heavy atom. The van der Waals surface area contributed by atoms with Crippen LogP contribution in [0, 0.1) is 6.92 Å². The highest BCUT2D eigenvalue weighted by Gasteiger charge is 2.19. The van der Waals surface area contributed by atoms with Gasteiger partial charge in [0.05, 0.1) is 0 Å².